The molecule has 3 heterocycles. The molecule has 0 spiro atoms. The van der Waals surface area contributed by atoms with Crippen LogP contribution in [-0.4, -0.2) is 85.6 Å². The second-order valence-electron chi connectivity index (χ2n) is 6.11. The first kappa shape index (κ1) is 19.0. The molecule has 0 aromatic carbocycles. The number of aromatic nitrogens is 2. The smallest absolute Gasteiger partial charge is 0.348 e. The Morgan fingerprint density at radius 3 is 2.73 bits per heavy atom. The van der Waals surface area contributed by atoms with E-state index in [1.54, 1.807) is 13.4 Å². The quantitative estimate of drug-likeness (QED) is 0.560. The summed E-state index contributed by atoms with van der Waals surface area (Å²) in [4.78, 5) is 27.0. The SMILES string of the molecule is COCCOC(=O)c1sc2ncnc(N3CCN(CCO)CC3)c2c1C. The number of methoxy groups -OCH3 is 1. The number of carbonyl (C=O) groups is 1. The highest BCUT2D eigenvalue weighted by atomic mass is 32.1. The standard InChI is InChI=1S/C17H24N4O4S/c1-12-13-15(21-5-3-20(4-6-21)7-8-22)18-11-19-16(13)26-14(12)17(23)25-10-9-24-2/h11,22H,3-10H2,1-2H3. The van der Waals surface area contributed by atoms with Crippen molar-refractivity contribution in [1.82, 2.24) is 14.9 Å². The number of rotatable bonds is 7. The Hall–Kier alpha value is -1.81. The highest BCUT2D eigenvalue weighted by Crippen LogP contribution is 2.35. The lowest BCUT2D eigenvalue weighted by molar-refractivity contribution is 0.0393. The van der Waals surface area contributed by atoms with E-state index in [9.17, 15) is 4.79 Å². The Morgan fingerprint density at radius 1 is 1.27 bits per heavy atom. The maximum absolute atomic E-state index is 12.4. The average molecular weight is 380 g/mol. The topological polar surface area (TPSA) is 88.0 Å². The lowest BCUT2D eigenvalue weighted by Gasteiger charge is -2.35. The van der Waals surface area contributed by atoms with Crippen molar-refractivity contribution in [2.45, 2.75) is 6.92 Å². The van der Waals surface area contributed by atoms with E-state index in [4.69, 9.17) is 14.6 Å². The molecule has 0 aliphatic carbocycles. The molecule has 1 saturated heterocycles. The average Bonchev–Trinajstić information content (AvgIpc) is 3.00. The van der Waals surface area contributed by atoms with Gasteiger partial charge >= 0.3 is 5.97 Å². The highest BCUT2D eigenvalue weighted by molar-refractivity contribution is 7.20. The van der Waals surface area contributed by atoms with E-state index in [0.717, 1.165) is 47.8 Å². The van der Waals surface area contributed by atoms with Crippen molar-refractivity contribution >= 4 is 33.3 Å². The van der Waals surface area contributed by atoms with Crippen molar-refractivity contribution in [2.24, 2.45) is 0 Å². The van der Waals surface area contributed by atoms with Crippen LogP contribution in [-0.2, 0) is 9.47 Å². The van der Waals surface area contributed by atoms with Crippen LogP contribution >= 0.6 is 11.3 Å². The molecule has 0 amide bonds. The summed E-state index contributed by atoms with van der Waals surface area (Å²) in [6.45, 7) is 6.80. The number of aryl methyl sites for hydroxylation is 1. The number of aliphatic hydroxyl groups is 1. The predicted octanol–water partition coefficient (Wildman–Crippen LogP) is 0.917. The molecule has 1 aliphatic rings. The third-order valence-electron chi connectivity index (χ3n) is 4.50. The number of ether oxygens (including phenoxy) is 2. The summed E-state index contributed by atoms with van der Waals surface area (Å²) in [6, 6.07) is 0. The van der Waals surface area contributed by atoms with Crippen LogP contribution in [0.1, 0.15) is 15.2 Å². The minimum Gasteiger partial charge on any atom is -0.459 e. The van der Waals surface area contributed by atoms with Crippen LogP contribution in [0.25, 0.3) is 10.2 Å². The van der Waals surface area contributed by atoms with Gasteiger partial charge in [0.2, 0.25) is 0 Å². The highest BCUT2D eigenvalue weighted by Gasteiger charge is 2.24. The second kappa shape index (κ2) is 8.72. The van der Waals surface area contributed by atoms with Gasteiger partial charge in [0, 0.05) is 39.8 Å². The molecule has 0 unspecified atom stereocenters. The number of anilines is 1. The van der Waals surface area contributed by atoms with E-state index in [1.807, 2.05) is 6.92 Å². The molecule has 0 bridgehead atoms. The van der Waals surface area contributed by atoms with Crippen LogP contribution in [0.4, 0.5) is 5.82 Å². The third-order valence-corrected chi connectivity index (χ3v) is 5.68. The molecule has 2 aromatic rings. The fraction of sp³-hybridized carbons (Fsp3) is 0.588. The van der Waals surface area contributed by atoms with Gasteiger partial charge in [0.1, 0.15) is 28.5 Å². The van der Waals surface area contributed by atoms with E-state index in [0.29, 0.717) is 18.0 Å². The molecule has 1 fully saturated rings. The van der Waals surface area contributed by atoms with Gasteiger partial charge < -0.3 is 19.5 Å². The number of aliphatic hydroxyl groups excluding tert-OH is 1. The third kappa shape index (κ3) is 3.96. The first-order chi connectivity index (χ1) is 12.7. The number of hydrogen-bond donors (Lipinski definition) is 1. The Kier molecular flexibility index (Phi) is 6.36. The number of thiophene rings is 1. The Morgan fingerprint density at radius 2 is 2.04 bits per heavy atom. The van der Waals surface area contributed by atoms with E-state index < -0.39 is 0 Å². The van der Waals surface area contributed by atoms with Gasteiger partial charge in [0.05, 0.1) is 18.6 Å². The zero-order valence-electron chi connectivity index (χ0n) is 15.1. The predicted molar refractivity (Wildman–Crippen MR) is 100 cm³/mol. The Bertz CT molecular complexity index is 759. The Labute approximate surface area is 156 Å². The summed E-state index contributed by atoms with van der Waals surface area (Å²) < 4.78 is 10.2. The lowest BCUT2D eigenvalue weighted by atomic mass is 10.2. The summed E-state index contributed by atoms with van der Waals surface area (Å²) in [5, 5.41) is 10.0. The maximum Gasteiger partial charge on any atom is 0.348 e. The number of esters is 1. The molecule has 1 aliphatic heterocycles. The molecule has 26 heavy (non-hydrogen) atoms. The Balaban J connectivity index is 1.83. The van der Waals surface area contributed by atoms with Crippen molar-refractivity contribution in [3.05, 3.63) is 16.8 Å². The fourth-order valence-electron chi connectivity index (χ4n) is 3.10. The van der Waals surface area contributed by atoms with E-state index >= 15 is 0 Å². The van der Waals surface area contributed by atoms with Crippen LogP contribution in [0.3, 0.4) is 0 Å². The minimum absolute atomic E-state index is 0.177. The van der Waals surface area contributed by atoms with Gasteiger partial charge in [-0.25, -0.2) is 14.8 Å². The van der Waals surface area contributed by atoms with Gasteiger partial charge in [-0.15, -0.1) is 11.3 Å². The van der Waals surface area contributed by atoms with Crippen molar-refractivity contribution < 1.29 is 19.4 Å². The first-order valence-corrected chi connectivity index (χ1v) is 9.45. The largest absolute Gasteiger partial charge is 0.459 e. The van der Waals surface area contributed by atoms with Gasteiger partial charge in [0.25, 0.3) is 0 Å². The number of hydrogen-bond acceptors (Lipinski definition) is 9. The van der Waals surface area contributed by atoms with Crippen LogP contribution in [0.5, 0.6) is 0 Å². The molecule has 0 saturated carbocycles. The zero-order valence-corrected chi connectivity index (χ0v) is 15.9. The molecule has 1 N–H and O–H groups in total. The molecular formula is C17H24N4O4S. The van der Waals surface area contributed by atoms with Crippen LogP contribution in [0.15, 0.2) is 6.33 Å². The first-order valence-electron chi connectivity index (χ1n) is 8.64. The van der Waals surface area contributed by atoms with Gasteiger partial charge in [-0.2, -0.15) is 0 Å². The summed E-state index contributed by atoms with van der Waals surface area (Å²) in [7, 11) is 1.57. The normalized spacial score (nSPS) is 15.6. The number of fused-ring (bicyclic) bond motifs is 1. The van der Waals surface area contributed by atoms with Crippen LogP contribution in [0, 0.1) is 6.92 Å². The summed E-state index contributed by atoms with van der Waals surface area (Å²) in [5.74, 6) is 0.518. The van der Waals surface area contributed by atoms with E-state index in [2.05, 4.69) is 19.8 Å². The molecule has 3 rings (SSSR count). The summed E-state index contributed by atoms with van der Waals surface area (Å²) >= 11 is 1.34. The van der Waals surface area contributed by atoms with Gasteiger partial charge in [-0.1, -0.05) is 0 Å². The van der Waals surface area contributed by atoms with E-state index in [-0.39, 0.29) is 19.2 Å². The number of nitrogens with zero attached hydrogens (tertiary/aromatic N) is 4. The molecule has 8 nitrogen and oxygen atoms in total. The van der Waals surface area contributed by atoms with Gasteiger partial charge in [0.15, 0.2) is 0 Å². The summed E-state index contributed by atoms with van der Waals surface area (Å²) in [5.41, 5.74) is 0.862. The zero-order chi connectivity index (χ0) is 18.5. The monoisotopic (exact) mass is 380 g/mol. The fourth-order valence-corrected chi connectivity index (χ4v) is 4.13. The second-order valence-corrected chi connectivity index (χ2v) is 7.11. The van der Waals surface area contributed by atoms with Crippen molar-refractivity contribution in [3.63, 3.8) is 0 Å². The van der Waals surface area contributed by atoms with E-state index in [1.165, 1.54) is 11.3 Å². The van der Waals surface area contributed by atoms with Crippen molar-refractivity contribution in [1.29, 1.82) is 0 Å². The summed E-state index contributed by atoms with van der Waals surface area (Å²) in [6.07, 6.45) is 1.55. The van der Waals surface area contributed by atoms with Crippen LogP contribution in [0.2, 0.25) is 0 Å². The lowest BCUT2D eigenvalue weighted by Crippen LogP contribution is -2.47. The molecular weight excluding hydrogens is 356 g/mol. The molecule has 0 atom stereocenters. The van der Waals surface area contributed by atoms with Crippen molar-refractivity contribution in [3.8, 4) is 0 Å². The molecule has 9 heteroatoms. The minimum atomic E-state index is -0.346. The van der Waals surface area contributed by atoms with Crippen molar-refractivity contribution in [2.75, 3.05) is 64.6 Å². The molecule has 2 aromatic heterocycles. The van der Waals surface area contributed by atoms with Gasteiger partial charge in [-0.05, 0) is 12.5 Å². The molecule has 142 valence electrons. The number of piperazine rings is 1. The number of β-amino-alcohol motifs (C(OH)–C–C–N with tert-alkyl or cyclic N) is 1. The maximum atomic E-state index is 12.4. The van der Waals surface area contributed by atoms with Crippen LogP contribution < -0.4 is 4.90 Å². The number of carbonyl (C=O) groups excluding carboxylic acids is 1. The molecule has 0 radical (unpaired) electrons. The van der Waals surface area contributed by atoms with Gasteiger partial charge in [-0.3, -0.25) is 4.90 Å².